The first-order valence-electron chi connectivity index (χ1n) is 9.61. The van der Waals surface area contributed by atoms with Crippen molar-refractivity contribution in [1.82, 2.24) is 15.2 Å². The Morgan fingerprint density at radius 3 is 2.48 bits per heavy atom. The molecule has 150 valence electrons. The van der Waals surface area contributed by atoms with Gasteiger partial charge in [-0.2, -0.15) is 10.1 Å². The SMILES string of the molecule is CCOC(=O)c1ccc(Nc2nncc(N(Cc3ccccc3)C(C)C)n2)cc1. The summed E-state index contributed by atoms with van der Waals surface area (Å²) in [7, 11) is 0. The van der Waals surface area contributed by atoms with E-state index in [2.05, 4.69) is 51.4 Å². The van der Waals surface area contributed by atoms with E-state index in [1.807, 2.05) is 18.2 Å². The highest BCUT2D eigenvalue weighted by Gasteiger charge is 2.14. The number of ether oxygens (including phenoxy) is 1. The van der Waals surface area contributed by atoms with Crippen LogP contribution in [0.3, 0.4) is 0 Å². The first-order chi connectivity index (χ1) is 14.1. The zero-order valence-electron chi connectivity index (χ0n) is 16.9. The molecule has 7 heteroatoms. The third-order valence-electron chi connectivity index (χ3n) is 4.31. The molecule has 0 unspecified atom stereocenters. The minimum absolute atomic E-state index is 0.239. The summed E-state index contributed by atoms with van der Waals surface area (Å²) in [5, 5.41) is 11.3. The van der Waals surface area contributed by atoms with Crippen LogP contribution in [0.4, 0.5) is 17.5 Å². The average Bonchev–Trinajstić information content (AvgIpc) is 2.73. The number of nitrogens with one attached hydrogen (secondary N) is 1. The zero-order valence-corrected chi connectivity index (χ0v) is 16.9. The van der Waals surface area contributed by atoms with Gasteiger partial charge >= 0.3 is 5.97 Å². The van der Waals surface area contributed by atoms with Crippen molar-refractivity contribution < 1.29 is 9.53 Å². The van der Waals surface area contributed by atoms with Gasteiger partial charge < -0.3 is 15.0 Å². The van der Waals surface area contributed by atoms with Gasteiger partial charge in [0.05, 0.1) is 18.4 Å². The van der Waals surface area contributed by atoms with Crippen molar-refractivity contribution in [2.24, 2.45) is 0 Å². The second-order valence-electron chi connectivity index (χ2n) is 6.77. The van der Waals surface area contributed by atoms with Crippen LogP contribution in [-0.4, -0.2) is 33.8 Å². The highest BCUT2D eigenvalue weighted by molar-refractivity contribution is 5.89. The standard InChI is InChI=1S/C22H25N5O2/c1-4-29-21(28)18-10-12-19(13-11-18)24-22-25-20(14-23-26-22)27(16(2)3)15-17-8-6-5-7-9-17/h5-14,16H,4,15H2,1-3H3,(H,24,25,26). The Morgan fingerprint density at radius 1 is 1.10 bits per heavy atom. The normalized spacial score (nSPS) is 10.6. The maximum absolute atomic E-state index is 11.8. The van der Waals surface area contributed by atoms with Crippen LogP contribution in [0.2, 0.25) is 0 Å². The molecule has 0 atom stereocenters. The van der Waals surface area contributed by atoms with Crippen molar-refractivity contribution in [2.75, 3.05) is 16.8 Å². The summed E-state index contributed by atoms with van der Waals surface area (Å²) in [5.74, 6) is 0.794. The number of nitrogens with zero attached hydrogens (tertiary/aromatic N) is 4. The van der Waals surface area contributed by atoms with E-state index in [0.717, 1.165) is 18.1 Å². The second-order valence-corrected chi connectivity index (χ2v) is 6.77. The molecule has 0 aliphatic rings. The number of rotatable bonds is 8. The second kappa shape index (κ2) is 9.64. The number of hydrogen-bond donors (Lipinski definition) is 1. The van der Waals surface area contributed by atoms with E-state index in [9.17, 15) is 4.79 Å². The molecule has 0 fully saturated rings. The van der Waals surface area contributed by atoms with E-state index in [0.29, 0.717) is 18.1 Å². The van der Waals surface area contributed by atoms with E-state index < -0.39 is 0 Å². The van der Waals surface area contributed by atoms with E-state index >= 15 is 0 Å². The largest absolute Gasteiger partial charge is 0.462 e. The first kappa shape index (κ1) is 20.3. The van der Waals surface area contributed by atoms with Crippen LogP contribution in [0.15, 0.2) is 60.8 Å². The summed E-state index contributed by atoms with van der Waals surface area (Å²) in [6.07, 6.45) is 1.66. The molecule has 0 aliphatic heterocycles. The summed E-state index contributed by atoms with van der Waals surface area (Å²) in [6.45, 7) is 7.09. The van der Waals surface area contributed by atoms with E-state index in [4.69, 9.17) is 4.74 Å². The molecule has 0 amide bonds. The van der Waals surface area contributed by atoms with Gasteiger partial charge in [-0.15, -0.1) is 5.10 Å². The van der Waals surface area contributed by atoms with Gasteiger partial charge in [0.25, 0.3) is 0 Å². The van der Waals surface area contributed by atoms with Gasteiger partial charge in [-0.3, -0.25) is 0 Å². The summed E-state index contributed by atoms with van der Waals surface area (Å²) >= 11 is 0. The van der Waals surface area contributed by atoms with Gasteiger partial charge in [0.2, 0.25) is 5.95 Å². The minimum Gasteiger partial charge on any atom is -0.462 e. The fraction of sp³-hybridized carbons (Fsp3) is 0.273. The van der Waals surface area contributed by atoms with Crippen molar-refractivity contribution in [3.63, 3.8) is 0 Å². The number of aromatic nitrogens is 3. The van der Waals surface area contributed by atoms with Crippen molar-refractivity contribution in [3.05, 3.63) is 71.9 Å². The fourth-order valence-electron chi connectivity index (χ4n) is 2.83. The van der Waals surface area contributed by atoms with E-state index in [1.54, 1.807) is 37.4 Å². The van der Waals surface area contributed by atoms with E-state index in [-0.39, 0.29) is 12.0 Å². The summed E-state index contributed by atoms with van der Waals surface area (Å²) in [5.41, 5.74) is 2.46. The van der Waals surface area contributed by atoms with Gasteiger partial charge in [-0.25, -0.2) is 4.79 Å². The Balaban J connectivity index is 1.75. The van der Waals surface area contributed by atoms with Gasteiger partial charge in [-0.05, 0) is 50.6 Å². The molecule has 3 aromatic rings. The van der Waals surface area contributed by atoms with Crippen LogP contribution >= 0.6 is 0 Å². The minimum atomic E-state index is -0.340. The molecule has 1 aromatic heterocycles. The molecule has 29 heavy (non-hydrogen) atoms. The van der Waals surface area contributed by atoms with Crippen LogP contribution in [-0.2, 0) is 11.3 Å². The van der Waals surface area contributed by atoms with Crippen LogP contribution in [0, 0.1) is 0 Å². The molecular formula is C22H25N5O2. The number of esters is 1. The number of benzene rings is 2. The Hall–Kier alpha value is -3.48. The Labute approximate surface area is 170 Å². The highest BCUT2D eigenvalue weighted by Crippen LogP contribution is 2.20. The summed E-state index contributed by atoms with van der Waals surface area (Å²) in [4.78, 5) is 18.6. The van der Waals surface area contributed by atoms with Crippen molar-refractivity contribution >= 4 is 23.4 Å². The molecular weight excluding hydrogens is 366 g/mol. The summed E-state index contributed by atoms with van der Waals surface area (Å²) in [6, 6.07) is 17.5. The van der Waals surface area contributed by atoms with Gasteiger partial charge in [0, 0.05) is 18.3 Å². The lowest BCUT2D eigenvalue weighted by Gasteiger charge is -2.27. The van der Waals surface area contributed by atoms with E-state index in [1.165, 1.54) is 5.56 Å². The number of carbonyl (C=O) groups excluding carboxylic acids is 1. The monoisotopic (exact) mass is 391 g/mol. The lowest BCUT2D eigenvalue weighted by molar-refractivity contribution is 0.0526. The third kappa shape index (κ3) is 5.51. The number of carbonyl (C=O) groups is 1. The predicted molar refractivity (Wildman–Crippen MR) is 113 cm³/mol. The molecule has 2 aromatic carbocycles. The fourth-order valence-corrected chi connectivity index (χ4v) is 2.83. The van der Waals surface area contributed by atoms with Crippen LogP contribution < -0.4 is 10.2 Å². The third-order valence-corrected chi connectivity index (χ3v) is 4.31. The molecule has 3 rings (SSSR count). The Kier molecular flexibility index (Phi) is 6.73. The average molecular weight is 391 g/mol. The smallest absolute Gasteiger partial charge is 0.338 e. The first-order valence-corrected chi connectivity index (χ1v) is 9.61. The quantitative estimate of drug-likeness (QED) is 0.576. The molecule has 1 heterocycles. The molecule has 0 spiro atoms. The highest BCUT2D eigenvalue weighted by atomic mass is 16.5. The molecule has 7 nitrogen and oxygen atoms in total. The number of anilines is 3. The van der Waals surface area contributed by atoms with Crippen molar-refractivity contribution in [1.29, 1.82) is 0 Å². The van der Waals surface area contributed by atoms with Crippen LogP contribution in [0.5, 0.6) is 0 Å². The maximum Gasteiger partial charge on any atom is 0.338 e. The molecule has 0 saturated carbocycles. The molecule has 0 radical (unpaired) electrons. The lowest BCUT2D eigenvalue weighted by atomic mass is 10.2. The predicted octanol–water partition coefficient (Wildman–Crippen LogP) is 4.21. The topological polar surface area (TPSA) is 80.2 Å². The van der Waals surface area contributed by atoms with Crippen molar-refractivity contribution in [2.45, 2.75) is 33.4 Å². The van der Waals surface area contributed by atoms with Gasteiger partial charge in [0.15, 0.2) is 5.82 Å². The molecule has 0 bridgehead atoms. The van der Waals surface area contributed by atoms with Crippen LogP contribution in [0.1, 0.15) is 36.7 Å². The molecule has 0 saturated heterocycles. The zero-order chi connectivity index (χ0) is 20.6. The number of hydrogen-bond acceptors (Lipinski definition) is 7. The Bertz CT molecular complexity index is 929. The maximum atomic E-state index is 11.8. The Morgan fingerprint density at radius 2 is 1.83 bits per heavy atom. The summed E-state index contributed by atoms with van der Waals surface area (Å²) < 4.78 is 5.00. The molecule has 1 N–H and O–H groups in total. The van der Waals surface area contributed by atoms with Crippen molar-refractivity contribution in [3.8, 4) is 0 Å². The molecule has 0 aliphatic carbocycles. The van der Waals surface area contributed by atoms with Crippen LogP contribution in [0.25, 0.3) is 0 Å². The van der Waals surface area contributed by atoms with Gasteiger partial charge in [-0.1, -0.05) is 30.3 Å². The lowest BCUT2D eigenvalue weighted by Crippen LogP contribution is -2.31. The van der Waals surface area contributed by atoms with Gasteiger partial charge in [0.1, 0.15) is 0 Å².